The van der Waals surface area contributed by atoms with Crippen LogP contribution in [0.15, 0.2) is 48.0 Å². The van der Waals surface area contributed by atoms with Crippen LogP contribution in [0.25, 0.3) is 5.70 Å². The van der Waals surface area contributed by atoms with Gasteiger partial charge in [-0.15, -0.1) is 0 Å². The topological polar surface area (TPSA) is 186 Å². The second-order valence-electron chi connectivity index (χ2n) is 8.62. The fourth-order valence-corrected chi connectivity index (χ4v) is 3.93. The summed E-state index contributed by atoms with van der Waals surface area (Å²) in [6, 6.07) is 6.52. The highest BCUT2D eigenvalue weighted by atomic mass is 16.4. The number of H-pyrrole nitrogens is 1. The van der Waals surface area contributed by atoms with Crippen LogP contribution in [0.5, 0.6) is 0 Å². The summed E-state index contributed by atoms with van der Waals surface area (Å²) in [6.07, 6.45) is 1.26. The number of nitrogens with two attached hydrogens (primary N) is 1. The van der Waals surface area contributed by atoms with Crippen molar-refractivity contribution < 1.29 is 19.8 Å². The number of aromatic amines is 1. The SMILES string of the molecule is C=C(O)CCC(NC(=C)c1ccc(NCC2CNc3nc(N)[nH]c(=O)c3N2C=O)cc1)[C@@H](C)C(=O)O. The van der Waals surface area contributed by atoms with Crippen molar-refractivity contribution in [3.05, 3.63) is 59.1 Å². The van der Waals surface area contributed by atoms with E-state index in [1.807, 2.05) is 24.3 Å². The van der Waals surface area contributed by atoms with Gasteiger partial charge in [-0.05, 0) is 31.0 Å². The van der Waals surface area contributed by atoms with E-state index in [4.69, 9.17) is 5.73 Å². The molecule has 1 aromatic heterocycles. The molecule has 1 amide bonds. The lowest BCUT2D eigenvalue weighted by Gasteiger charge is -2.34. The first-order valence-electron chi connectivity index (χ1n) is 11.4. The van der Waals surface area contributed by atoms with Gasteiger partial charge in [0.05, 0.1) is 17.7 Å². The van der Waals surface area contributed by atoms with E-state index in [0.717, 1.165) is 11.3 Å². The minimum atomic E-state index is -0.950. The number of carboxylic acids is 1. The molecule has 12 heteroatoms. The minimum absolute atomic E-state index is 0.00442. The molecule has 3 atom stereocenters. The van der Waals surface area contributed by atoms with Gasteiger partial charge >= 0.3 is 5.97 Å². The van der Waals surface area contributed by atoms with Gasteiger partial charge in [-0.25, -0.2) is 0 Å². The molecule has 8 N–H and O–H groups in total. The van der Waals surface area contributed by atoms with Gasteiger partial charge in [0.15, 0.2) is 11.5 Å². The van der Waals surface area contributed by atoms with Crippen molar-refractivity contribution in [2.45, 2.75) is 31.8 Å². The number of aliphatic hydroxyl groups is 1. The van der Waals surface area contributed by atoms with Crippen LogP contribution in [-0.2, 0) is 9.59 Å². The lowest BCUT2D eigenvalue weighted by Crippen LogP contribution is -2.50. The summed E-state index contributed by atoms with van der Waals surface area (Å²) in [5.41, 5.74) is 7.28. The second-order valence-corrected chi connectivity index (χ2v) is 8.62. The van der Waals surface area contributed by atoms with Crippen molar-refractivity contribution in [1.29, 1.82) is 0 Å². The molecule has 0 aliphatic carbocycles. The lowest BCUT2D eigenvalue weighted by molar-refractivity contribution is -0.142. The van der Waals surface area contributed by atoms with E-state index in [9.17, 15) is 24.6 Å². The van der Waals surface area contributed by atoms with Gasteiger partial charge in [0.25, 0.3) is 5.56 Å². The van der Waals surface area contributed by atoms with E-state index in [-0.39, 0.29) is 35.7 Å². The Morgan fingerprint density at radius 2 is 2.03 bits per heavy atom. The number of nitrogens with zero attached hydrogens (tertiary/aromatic N) is 2. The van der Waals surface area contributed by atoms with Crippen LogP contribution in [0.2, 0.25) is 0 Å². The van der Waals surface area contributed by atoms with Gasteiger partial charge in [0.1, 0.15) is 0 Å². The predicted molar refractivity (Wildman–Crippen MR) is 139 cm³/mol. The highest BCUT2D eigenvalue weighted by Gasteiger charge is 2.30. The van der Waals surface area contributed by atoms with Crippen molar-refractivity contribution in [3.63, 3.8) is 0 Å². The Kier molecular flexibility index (Phi) is 8.20. The number of benzene rings is 1. The van der Waals surface area contributed by atoms with Crippen LogP contribution in [0.3, 0.4) is 0 Å². The van der Waals surface area contributed by atoms with E-state index in [1.54, 1.807) is 6.92 Å². The Labute approximate surface area is 207 Å². The van der Waals surface area contributed by atoms with Gasteiger partial charge in [-0.2, -0.15) is 4.98 Å². The van der Waals surface area contributed by atoms with E-state index >= 15 is 0 Å². The largest absolute Gasteiger partial charge is 0.513 e. The average Bonchev–Trinajstić information content (AvgIpc) is 2.84. The Hall–Kier alpha value is -4.48. The summed E-state index contributed by atoms with van der Waals surface area (Å²) in [4.78, 5) is 43.3. The number of carbonyl (C=O) groups is 2. The summed E-state index contributed by atoms with van der Waals surface area (Å²) in [5, 5.41) is 28.2. The second kappa shape index (κ2) is 11.3. The number of nitrogen functional groups attached to an aromatic ring is 1. The van der Waals surface area contributed by atoms with Gasteiger partial charge in [0.2, 0.25) is 12.4 Å². The first kappa shape index (κ1) is 26.1. The zero-order valence-electron chi connectivity index (χ0n) is 20.0. The molecule has 2 aromatic rings. The van der Waals surface area contributed by atoms with Gasteiger partial charge in [0, 0.05) is 36.9 Å². The molecule has 2 unspecified atom stereocenters. The summed E-state index contributed by atoms with van der Waals surface area (Å²) in [5.74, 6) is -1.43. The van der Waals surface area contributed by atoms with Crippen LogP contribution >= 0.6 is 0 Å². The number of nitrogens with one attached hydrogen (secondary N) is 4. The molecule has 0 saturated carbocycles. The fraction of sp³-hybridized carbons (Fsp3) is 0.333. The number of aliphatic hydroxyl groups excluding tert-OH is 1. The number of anilines is 4. The highest BCUT2D eigenvalue weighted by molar-refractivity contribution is 5.84. The number of aliphatic carboxylic acids is 1. The normalized spacial score (nSPS) is 16.1. The molecule has 1 aliphatic rings. The predicted octanol–water partition coefficient (Wildman–Crippen LogP) is 1.72. The van der Waals surface area contributed by atoms with Crippen LogP contribution in [-0.4, -0.2) is 57.7 Å². The maximum absolute atomic E-state index is 12.3. The molecular weight excluding hydrogens is 466 g/mol. The number of carbonyl (C=O) groups excluding carboxylic acids is 1. The molecule has 2 heterocycles. The molecule has 1 aromatic carbocycles. The van der Waals surface area contributed by atoms with Crippen molar-refractivity contribution in [3.8, 4) is 0 Å². The van der Waals surface area contributed by atoms with Gasteiger partial charge < -0.3 is 36.8 Å². The molecular formula is C24H31N7O5. The average molecular weight is 498 g/mol. The van der Waals surface area contributed by atoms with Crippen LogP contribution < -0.4 is 32.1 Å². The Morgan fingerprint density at radius 1 is 1.33 bits per heavy atom. The molecule has 0 spiro atoms. The van der Waals surface area contributed by atoms with Crippen molar-refractivity contribution in [2.24, 2.45) is 5.92 Å². The Balaban J connectivity index is 1.63. The molecule has 36 heavy (non-hydrogen) atoms. The van der Waals surface area contributed by atoms with Crippen LogP contribution in [0.4, 0.5) is 23.1 Å². The highest BCUT2D eigenvalue weighted by Crippen LogP contribution is 2.25. The minimum Gasteiger partial charge on any atom is -0.513 e. The van der Waals surface area contributed by atoms with Crippen LogP contribution in [0, 0.1) is 5.92 Å². The van der Waals surface area contributed by atoms with Crippen molar-refractivity contribution in [2.75, 3.05) is 34.4 Å². The number of carboxylic acid groups (broad SMARTS) is 1. The Bertz CT molecular complexity index is 1190. The maximum atomic E-state index is 12.3. The zero-order chi connectivity index (χ0) is 26.4. The summed E-state index contributed by atoms with van der Waals surface area (Å²) in [6.45, 7) is 9.81. The number of fused-ring (bicyclic) bond motifs is 1. The smallest absolute Gasteiger partial charge is 0.308 e. The molecule has 0 saturated heterocycles. The quantitative estimate of drug-likeness (QED) is 0.168. The third-order valence-electron chi connectivity index (χ3n) is 6.06. The number of allylic oxidation sites excluding steroid dienone is 1. The number of rotatable bonds is 12. The van der Waals surface area contributed by atoms with Gasteiger partial charge in [-0.1, -0.05) is 25.3 Å². The molecule has 3 rings (SSSR count). The molecule has 12 nitrogen and oxygen atoms in total. The van der Waals surface area contributed by atoms with Crippen LogP contribution in [0.1, 0.15) is 25.3 Å². The first-order valence-corrected chi connectivity index (χ1v) is 11.4. The molecule has 192 valence electrons. The van der Waals surface area contributed by atoms with Gasteiger partial charge in [-0.3, -0.25) is 19.4 Å². The fourth-order valence-electron chi connectivity index (χ4n) is 3.93. The Morgan fingerprint density at radius 3 is 2.64 bits per heavy atom. The summed E-state index contributed by atoms with van der Waals surface area (Å²) in [7, 11) is 0. The molecule has 0 bridgehead atoms. The number of hydrogen-bond acceptors (Lipinski definition) is 9. The number of aromatic nitrogens is 2. The van der Waals surface area contributed by atoms with Crippen molar-refractivity contribution >= 4 is 41.2 Å². The number of hydrogen-bond donors (Lipinski definition) is 7. The van der Waals surface area contributed by atoms with E-state index in [0.29, 0.717) is 31.6 Å². The van der Waals surface area contributed by atoms with E-state index in [2.05, 4.69) is 39.1 Å². The van der Waals surface area contributed by atoms with Crippen molar-refractivity contribution in [1.82, 2.24) is 15.3 Å². The first-order chi connectivity index (χ1) is 17.1. The monoisotopic (exact) mass is 497 g/mol. The summed E-state index contributed by atoms with van der Waals surface area (Å²) < 4.78 is 0. The maximum Gasteiger partial charge on any atom is 0.308 e. The number of amides is 1. The third-order valence-corrected chi connectivity index (χ3v) is 6.06. The standard InChI is InChI=1S/C24H31N7O5/c1-13(33)4-9-19(14(2)23(35)36)28-15(3)16-5-7-17(8-6-16)26-10-18-11-27-21-20(31(18)12-32)22(34)30-24(25)29-21/h5-8,12,14,18-19,26,28,33H,1,3-4,9-11H2,2H3,(H,35,36)(H4,25,27,29,30,34)/t14-,18?,19?/m1/s1. The lowest BCUT2D eigenvalue weighted by atomic mass is 9.96. The molecule has 1 aliphatic heterocycles. The van der Waals surface area contributed by atoms with E-state index < -0.39 is 23.5 Å². The molecule has 0 fully saturated rings. The molecule has 0 radical (unpaired) electrons. The van der Waals surface area contributed by atoms with E-state index in [1.165, 1.54) is 4.90 Å². The third kappa shape index (κ3) is 6.14. The zero-order valence-corrected chi connectivity index (χ0v) is 20.0. The summed E-state index contributed by atoms with van der Waals surface area (Å²) >= 11 is 0.